The summed E-state index contributed by atoms with van der Waals surface area (Å²) in [5, 5.41) is 6.64. The number of hydrogen-bond acceptors (Lipinski definition) is 5. The number of rotatable bonds is 5. The van der Waals surface area contributed by atoms with Crippen molar-refractivity contribution in [1.82, 2.24) is 19.5 Å². The predicted octanol–water partition coefficient (Wildman–Crippen LogP) is 13.4. The summed E-state index contributed by atoms with van der Waals surface area (Å²) >= 11 is 0. The molecule has 12 aromatic rings. The van der Waals surface area contributed by atoms with Crippen molar-refractivity contribution in [2.75, 3.05) is 0 Å². The molecule has 0 saturated heterocycles. The molecule has 0 fully saturated rings. The largest absolute Gasteiger partial charge is 0.456 e. The molecule has 0 atom stereocenters. The van der Waals surface area contributed by atoms with Crippen LogP contribution in [0.15, 0.2) is 191 Å². The lowest BCUT2D eigenvalue weighted by molar-refractivity contribution is 0.668. The van der Waals surface area contributed by atoms with Crippen LogP contribution in [-0.4, -0.2) is 19.5 Å². The highest BCUT2D eigenvalue weighted by atomic mass is 16.3. The first-order chi connectivity index (χ1) is 28.2. The van der Waals surface area contributed by atoms with Crippen molar-refractivity contribution in [1.29, 1.82) is 0 Å². The van der Waals surface area contributed by atoms with Gasteiger partial charge in [0.05, 0.1) is 11.0 Å². The summed E-state index contributed by atoms with van der Waals surface area (Å²) in [6, 6.07) is 62.7. The van der Waals surface area contributed by atoms with Crippen LogP contribution in [0.4, 0.5) is 0 Å². The van der Waals surface area contributed by atoms with E-state index >= 15 is 0 Å². The maximum absolute atomic E-state index is 6.51. The Hall–Kier alpha value is -7.83. The van der Waals surface area contributed by atoms with Crippen LogP contribution in [0.1, 0.15) is 0 Å². The maximum Gasteiger partial charge on any atom is 0.164 e. The lowest BCUT2D eigenvalue weighted by Gasteiger charge is -2.10. The summed E-state index contributed by atoms with van der Waals surface area (Å²) in [7, 11) is 0. The lowest BCUT2D eigenvalue weighted by atomic mass is 10.00. The number of furan rings is 2. The van der Waals surface area contributed by atoms with Gasteiger partial charge in [-0.3, -0.25) is 0 Å². The number of nitrogens with zero attached hydrogens (tertiary/aromatic N) is 4. The first kappa shape index (κ1) is 31.5. The monoisotopic (exact) mass is 730 g/mol. The highest BCUT2D eigenvalue weighted by molar-refractivity contribution is 6.12. The van der Waals surface area contributed by atoms with Gasteiger partial charge in [-0.25, -0.2) is 15.0 Å². The van der Waals surface area contributed by atoms with E-state index in [0.29, 0.717) is 17.5 Å². The maximum atomic E-state index is 6.51. The van der Waals surface area contributed by atoms with Crippen molar-refractivity contribution in [3.63, 3.8) is 0 Å². The molecule has 0 unspecified atom stereocenters. The van der Waals surface area contributed by atoms with E-state index in [-0.39, 0.29) is 0 Å². The average molecular weight is 731 g/mol. The SMILES string of the molecule is c1ccc(-c2nc(-c3ccc4c(c3)oc3ccc(-c5cccc6c5oc5ccccc56)cc34)nc(-c3ccc4c5ccccc5n(-c5ccccc5)c4c3)n2)cc1. The molecule has 0 spiro atoms. The first-order valence-corrected chi connectivity index (χ1v) is 19.0. The van der Waals surface area contributed by atoms with Gasteiger partial charge in [-0.15, -0.1) is 0 Å². The van der Waals surface area contributed by atoms with Crippen LogP contribution >= 0.6 is 0 Å². The van der Waals surface area contributed by atoms with E-state index in [0.717, 1.165) is 88.4 Å². The minimum absolute atomic E-state index is 0.571. The molecule has 4 heterocycles. The molecule has 0 saturated carbocycles. The fraction of sp³-hybridized carbons (Fsp3) is 0. The van der Waals surface area contributed by atoms with Crippen molar-refractivity contribution in [3.8, 4) is 51.0 Å². The Bertz CT molecular complexity index is 3530. The van der Waals surface area contributed by atoms with Crippen LogP contribution in [0.5, 0.6) is 0 Å². The lowest BCUT2D eigenvalue weighted by Crippen LogP contribution is -2.00. The van der Waals surface area contributed by atoms with Gasteiger partial charge in [-0.1, -0.05) is 127 Å². The van der Waals surface area contributed by atoms with Crippen LogP contribution in [-0.2, 0) is 0 Å². The van der Waals surface area contributed by atoms with E-state index in [1.165, 1.54) is 10.8 Å². The van der Waals surface area contributed by atoms with Gasteiger partial charge in [-0.2, -0.15) is 0 Å². The fourth-order valence-electron chi connectivity index (χ4n) is 8.37. The second-order valence-electron chi connectivity index (χ2n) is 14.4. The molecule has 0 N–H and O–H groups in total. The molecule has 6 nitrogen and oxygen atoms in total. The van der Waals surface area contributed by atoms with Gasteiger partial charge in [0.1, 0.15) is 22.3 Å². The summed E-state index contributed by atoms with van der Waals surface area (Å²) in [6.07, 6.45) is 0. The Morgan fingerprint density at radius 3 is 1.75 bits per heavy atom. The molecule has 12 rings (SSSR count). The molecule has 0 amide bonds. The summed E-state index contributed by atoms with van der Waals surface area (Å²) in [4.78, 5) is 15.3. The van der Waals surface area contributed by atoms with Crippen molar-refractivity contribution in [2.24, 2.45) is 0 Å². The molecule has 0 bridgehead atoms. The molecule has 0 aliphatic carbocycles. The number of hydrogen-bond donors (Lipinski definition) is 0. The van der Waals surface area contributed by atoms with Gasteiger partial charge < -0.3 is 13.4 Å². The highest BCUT2D eigenvalue weighted by Gasteiger charge is 2.19. The Kier molecular flexibility index (Phi) is 6.83. The van der Waals surface area contributed by atoms with Crippen LogP contribution in [0, 0.1) is 0 Å². The molecule has 8 aromatic carbocycles. The average Bonchev–Trinajstić information content (AvgIpc) is 3.95. The Morgan fingerprint density at radius 1 is 0.333 bits per heavy atom. The minimum Gasteiger partial charge on any atom is -0.456 e. The standard InChI is InChI=1S/C51H30N4O2/c1-3-12-31(13-4-1)49-52-50(33-22-25-38-37-16-7-9-20-43(37)55(44(38)29-33)35-14-5-2-6-15-35)54-51(53-49)34-23-26-40-42-28-32(24-27-46(42)56-47(40)30-34)36-18-11-19-41-39-17-8-10-21-45(39)57-48(36)41/h1-30H. The van der Waals surface area contributed by atoms with Gasteiger partial charge in [0.2, 0.25) is 0 Å². The van der Waals surface area contributed by atoms with E-state index in [1.54, 1.807) is 0 Å². The quantitative estimate of drug-likeness (QED) is 0.176. The van der Waals surface area contributed by atoms with Crippen LogP contribution in [0.2, 0.25) is 0 Å². The molecule has 0 aliphatic heterocycles. The van der Waals surface area contributed by atoms with E-state index in [9.17, 15) is 0 Å². The van der Waals surface area contributed by atoms with Crippen LogP contribution in [0.25, 0.3) is 117 Å². The van der Waals surface area contributed by atoms with E-state index in [2.05, 4.69) is 120 Å². The summed E-state index contributed by atoms with van der Waals surface area (Å²) in [6.45, 7) is 0. The Morgan fingerprint density at radius 2 is 0.930 bits per heavy atom. The number of para-hydroxylation sites is 4. The van der Waals surface area contributed by atoms with E-state index in [1.807, 2.05) is 66.7 Å². The van der Waals surface area contributed by atoms with E-state index < -0.39 is 0 Å². The molecule has 6 heteroatoms. The van der Waals surface area contributed by atoms with Crippen molar-refractivity contribution in [3.05, 3.63) is 182 Å². The van der Waals surface area contributed by atoms with Crippen LogP contribution in [0.3, 0.4) is 0 Å². The molecule has 4 aromatic heterocycles. The van der Waals surface area contributed by atoms with Gasteiger partial charge in [0, 0.05) is 60.3 Å². The third-order valence-corrected chi connectivity index (χ3v) is 11.1. The van der Waals surface area contributed by atoms with Crippen LogP contribution < -0.4 is 0 Å². The number of aromatic nitrogens is 4. The molecule has 0 aliphatic rings. The van der Waals surface area contributed by atoms with Gasteiger partial charge in [-0.05, 0) is 60.2 Å². The smallest absolute Gasteiger partial charge is 0.164 e. The molecule has 266 valence electrons. The normalized spacial score (nSPS) is 11.9. The van der Waals surface area contributed by atoms with Crippen molar-refractivity contribution < 1.29 is 8.83 Å². The number of benzene rings is 8. The third-order valence-electron chi connectivity index (χ3n) is 11.1. The second kappa shape index (κ2) is 12.3. The summed E-state index contributed by atoms with van der Waals surface area (Å²) in [5.41, 5.74) is 11.4. The predicted molar refractivity (Wildman–Crippen MR) is 230 cm³/mol. The van der Waals surface area contributed by atoms with Gasteiger partial charge >= 0.3 is 0 Å². The topological polar surface area (TPSA) is 69.9 Å². The first-order valence-electron chi connectivity index (χ1n) is 19.0. The molecular weight excluding hydrogens is 701 g/mol. The molecular formula is C51H30N4O2. The zero-order valence-corrected chi connectivity index (χ0v) is 30.4. The Labute approximate surface area is 325 Å². The minimum atomic E-state index is 0.571. The third kappa shape index (κ3) is 5.01. The summed E-state index contributed by atoms with van der Waals surface area (Å²) < 4.78 is 15.2. The van der Waals surface area contributed by atoms with E-state index in [4.69, 9.17) is 23.8 Å². The second-order valence-corrected chi connectivity index (χ2v) is 14.4. The van der Waals surface area contributed by atoms with Crippen molar-refractivity contribution in [2.45, 2.75) is 0 Å². The Balaban J connectivity index is 1.00. The number of fused-ring (bicyclic) bond motifs is 9. The van der Waals surface area contributed by atoms with Crippen molar-refractivity contribution >= 4 is 65.7 Å². The highest BCUT2D eigenvalue weighted by Crippen LogP contribution is 2.40. The zero-order chi connectivity index (χ0) is 37.5. The zero-order valence-electron chi connectivity index (χ0n) is 30.4. The fourth-order valence-corrected chi connectivity index (χ4v) is 8.37. The van der Waals surface area contributed by atoms with Gasteiger partial charge in [0.15, 0.2) is 17.5 Å². The van der Waals surface area contributed by atoms with Gasteiger partial charge in [0.25, 0.3) is 0 Å². The molecule has 0 radical (unpaired) electrons. The molecule has 57 heavy (non-hydrogen) atoms. The summed E-state index contributed by atoms with van der Waals surface area (Å²) in [5.74, 6) is 1.77.